The summed E-state index contributed by atoms with van der Waals surface area (Å²) in [6.45, 7) is 3.14. The largest absolute Gasteiger partial charge is 0.497 e. The van der Waals surface area contributed by atoms with Crippen LogP contribution in [0.2, 0.25) is 5.02 Å². The van der Waals surface area contributed by atoms with Gasteiger partial charge in [-0.3, -0.25) is 19.7 Å². The minimum Gasteiger partial charge on any atom is -0.497 e. The number of hydrogen-bond acceptors (Lipinski definition) is 6. The normalized spacial score (nSPS) is 20.7. The van der Waals surface area contributed by atoms with Crippen molar-refractivity contribution in [3.63, 3.8) is 0 Å². The van der Waals surface area contributed by atoms with E-state index >= 15 is 0 Å². The summed E-state index contributed by atoms with van der Waals surface area (Å²) in [6.07, 6.45) is 6.17. The number of nitrogens with zero attached hydrogens (tertiary/aromatic N) is 3. The summed E-state index contributed by atoms with van der Waals surface area (Å²) in [5.74, 6) is -0.0868. The Labute approximate surface area is 240 Å². The lowest BCUT2D eigenvalue weighted by molar-refractivity contribution is -0.136. The number of ether oxygens (including phenoxy) is 1. The molecule has 1 atom stereocenters. The standard InChI is InChI=1S/C31H35ClN4O4/c1-40-22-9-10-25(26(32)18-22)31(20-33)13-16-35(17-14-31)15-4-2-3-6-21-7-5-8-23-24(21)19-36(30(23)39)27-11-12-28(37)34-29(27)38/h5,7-10,18,27H,2-4,6,11-17,19H2,1H3,(H,34,37,38). The van der Waals surface area contributed by atoms with Crippen molar-refractivity contribution in [3.8, 4) is 11.8 Å². The predicted octanol–water partition coefficient (Wildman–Crippen LogP) is 4.38. The van der Waals surface area contributed by atoms with E-state index in [1.165, 1.54) is 0 Å². The monoisotopic (exact) mass is 562 g/mol. The summed E-state index contributed by atoms with van der Waals surface area (Å²) in [5.41, 5.74) is 3.18. The van der Waals surface area contributed by atoms with Crippen LogP contribution >= 0.6 is 11.6 Å². The molecule has 2 saturated heterocycles. The van der Waals surface area contributed by atoms with Crippen LogP contribution in [-0.4, -0.2) is 60.3 Å². The number of unbranched alkanes of at least 4 members (excludes halogenated alkanes) is 2. The van der Waals surface area contributed by atoms with Crippen molar-refractivity contribution in [3.05, 3.63) is 63.7 Å². The first-order chi connectivity index (χ1) is 19.3. The molecule has 0 aliphatic carbocycles. The lowest BCUT2D eigenvalue weighted by atomic mass is 9.74. The first-order valence-corrected chi connectivity index (χ1v) is 14.5. The average molecular weight is 563 g/mol. The van der Waals surface area contributed by atoms with Gasteiger partial charge >= 0.3 is 0 Å². The molecule has 2 aromatic carbocycles. The van der Waals surface area contributed by atoms with Crippen molar-refractivity contribution < 1.29 is 19.1 Å². The van der Waals surface area contributed by atoms with Gasteiger partial charge in [0.25, 0.3) is 5.91 Å². The number of amides is 3. The van der Waals surface area contributed by atoms with Gasteiger partial charge in [0.2, 0.25) is 11.8 Å². The van der Waals surface area contributed by atoms with E-state index in [1.54, 1.807) is 18.1 Å². The molecule has 3 aliphatic heterocycles. The van der Waals surface area contributed by atoms with E-state index in [0.717, 1.165) is 74.8 Å². The molecule has 1 unspecified atom stereocenters. The summed E-state index contributed by atoms with van der Waals surface area (Å²) < 4.78 is 5.26. The van der Waals surface area contributed by atoms with Gasteiger partial charge in [-0.1, -0.05) is 36.2 Å². The van der Waals surface area contributed by atoms with Gasteiger partial charge in [-0.25, -0.2) is 0 Å². The lowest BCUT2D eigenvalue weighted by Crippen LogP contribution is -2.52. The van der Waals surface area contributed by atoms with Crippen LogP contribution in [0.5, 0.6) is 5.75 Å². The number of imide groups is 1. The molecule has 3 amide bonds. The maximum absolute atomic E-state index is 13.1. The second-order valence-electron chi connectivity index (χ2n) is 11.0. The summed E-state index contributed by atoms with van der Waals surface area (Å²) in [7, 11) is 1.61. The molecule has 0 bridgehead atoms. The van der Waals surface area contributed by atoms with Gasteiger partial charge in [-0.15, -0.1) is 0 Å². The Hall–Kier alpha value is -3.41. The first-order valence-electron chi connectivity index (χ1n) is 14.1. The second-order valence-corrected chi connectivity index (χ2v) is 11.4. The van der Waals surface area contributed by atoms with Crippen LogP contribution in [0.25, 0.3) is 0 Å². The number of nitrogens with one attached hydrogen (secondary N) is 1. The molecule has 0 aromatic heterocycles. The van der Waals surface area contributed by atoms with E-state index in [-0.39, 0.29) is 24.1 Å². The number of piperidine rings is 2. The number of aryl methyl sites for hydroxylation is 1. The number of likely N-dealkylation sites (tertiary alicyclic amines) is 1. The Morgan fingerprint density at radius 3 is 2.62 bits per heavy atom. The number of rotatable bonds is 9. The highest BCUT2D eigenvalue weighted by atomic mass is 35.5. The lowest BCUT2D eigenvalue weighted by Gasteiger charge is -2.38. The fraction of sp³-hybridized carbons (Fsp3) is 0.484. The highest BCUT2D eigenvalue weighted by molar-refractivity contribution is 6.31. The van der Waals surface area contributed by atoms with E-state index in [2.05, 4.69) is 22.4 Å². The predicted molar refractivity (Wildman–Crippen MR) is 151 cm³/mol. The van der Waals surface area contributed by atoms with Crippen LogP contribution in [-0.2, 0) is 28.0 Å². The summed E-state index contributed by atoms with van der Waals surface area (Å²) in [4.78, 5) is 41.0. The van der Waals surface area contributed by atoms with Crippen LogP contribution in [0.1, 0.15) is 72.0 Å². The van der Waals surface area contributed by atoms with Crippen LogP contribution in [0.4, 0.5) is 0 Å². The number of nitriles is 1. The van der Waals surface area contributed by atoms with Crippen molar-refractivity contribution in [2.45, 2.75) is 69.4 Å². The third-order valence-corrected chi connectivity index (χ3v) is 9.03. The Morgan fingerprint density at radius 1 is 1.12 bits per heavy atom. The molecule has 210 valence electrons. The van der Waals surface area contributed by atoms with Crippen molar-refractivity contribution in [1.82, 2.24) is 15.1 Å². The third kappa shape index (κ3) is 5.59. The van der Waals surface area contributed by atoms with Crippen molar-refractivity contribution in [2.75, 3.05) is 26.7 Å². The van der Waals surface area contributed by atoms with E-state index in [1.807, 2.05) is 24.3 Å². The molecule has 8 nitrogen and oxygen atoms in total. The number of fused-ring (bicyclic) bond motifs is 1. The summed E-state index contributed by atoms with van der Waals surface area (Å²) >= 11 is 6.52. The molecular weight excluding hydrogens is 528 g/mol. The molecule has 0 spiro atoms. The molecule has 2 fully saturated rings. The minimum atomic E-state index is -0.587. The number of carbonyl (C=O) groups is 3. The average Bonchev–Trinajstić information content (AvgIpc) is 3.30. The number of benzene rings is 2. The molecule has 9 heteroatoms. The molecule has 0 radical (unpaired) electrons. The fourth-order valence-electron chi connectivity index (χ4n) is 6.32. The van der Waals surface area contributed by atoms with Crippen molar-refractivity contribution in [1.29, 1.82) is 5.26 Å². The zero-order chi connectivity index (χ0) is 28.3. The zero-order valence-electron chi connectivity index (χ0n) is 22.9. The minimum absolute atomic E-state index is 0.124. The van der Waals surface area contributed by atoms with Gasteiger partial charge in [-0.2, -0.15) is 5.26 Å². The number of methoxy groups -OCH3 is 1. The van der Waals surface area contributed by atoms with Crippen LogP contribution in [0.3, 0.4) is 0 Å². The highest BCUT2D eigenvalue weighted by Crippen LogP contribution is 2.40. The van der Waals surface area contributed by atoms with Gasteiger partial charge in [0.05, 0.1) is 18.6 Å². The topological polar surface area (TPSA) is 103 Å². The maximum Gasteiger partial charge on any atom is 0.255 e. The van der Waals surface area contributed by atoms with E-state index in [0.29, 0.717) is 29.3 Å². The smallest absolute Gasteiger partial charge is 0.255 e. The third-order valence-electron chi connectivity index (χ3n) is 8.72. The van der Waals surface area contributed by atoms with E-state index in [9.17, 15) is 19.6 Å². The second kappa shape index (κ2) is 12.0. The molecule has 1 N–H and O–H groups in total. The van der Waals surface area contributed by atoms with E-state index < -0.39 is 11.5 Å². The van der Waals surface area contributed by atoms with Crippen LogP contribution in [0, 0.1) is 11.3 Å². The molecule has 40 heavy (non-hydrogen) atoms. The van der Waals surface area contributed by atoms with Crippen molar-refractivity contribution in [2.24, 2.45) is 0 Å². The van der Waals surface area contributed by atoms with Crippen molar-refractivity contribution >= 4 is 29.3 Å². The highest BCUT2D eigenvalue weighted by Gasteiger charge is 2.40. The van der Waals surface area contributed by atoms with E-state index in [4.69, 9.17) is 16.3 Å². The SMILES string of the molecule is COc1ccc(C2(C#N)CCN(CCCCCc3cccc4c3CN(C3CCC(=O)NC3=O)C4=O)CC2)c(Cl)c1. The van der Waals surface area contributed by atoms with Gasteiger partial charge in [0, 0.05) is 23.6 Å². The number of halogens is 1. The number of carbonyl (C=O) groups excluding carboxylic acids is 3. The fourth-order valence-corrected chi connectivity index (χ4v) is 6.67. The quantitative estimate of drug-likeness (QED) is 0.359. The number of hydrogen-bond donors (Lipinski definition) is 1. The van der Waals surface area contributed by atoms with Gasteiger partial charge in [0.15, 0.2) is 0 Å². The zero-order valence-corrected chi connectivity index (χ0v) is 23.6. The van der Waals surface area contributed by atoms with Crippen LogP contribution in [0.15, 0.2) is 36.4 Å². The van der Waals surface area contributed by atoms with Gasteiger partial charge in [-0.05, 0) is 93.0 Å². The Morgan fingerprint density at radius 2 is 1.93 bits per heavy atom. The van der Waals surface area contributed by atoms with Crippen LogP contribution < -0.4 is 10.1 Å². The Balaban J connectivity index is 1.09. The molecule has 2 aromatic rings. The maximum atomic E-state index is 13.1. The molecule has 0 saturated carbocycles. The molecular formula is C31H35ClN4O4. The molecule has 5 rings (SSSR count). The molecule has 3 heterocycles. The summed E-state index contributed by atoms with van der Waals surface area (Å²) in [5, 5.41) is 13.0. The Bertz CT molecular complexity index is 1350. The first kappa shape index (κ1) is 28.1. The molecule has 3 aliphatic rings. The van der Waals surface area contributed by atoms with Gasteiger partial charge < -0.3 is 14.5 Å². The summed E-state index contributed by atoms with van der Waals surface area (Å²) in [6, 6.07) is 13.4. The Kier molecular flexibility index (Phi) is 8.43. The van der Waals surface area contributed by atoms with Gasteiger partial charge in [0.1, 0.15) is 11.8 Å².